The molecule has 3 nitrogen and oxygen atoms in total. The fourth-order valence-corrected chi connectivity index (χ4v) is 2.25. The molecule has 0 aliphatic rings. The second-order valence-electron chi connectivity index (χ2n) is 5.64. The third-order valence-corrected chi connectivity index (χ3v) is 3.14. The number of hydrogen-bond acceptors (Lipinski definition) is 3. The topological polar surface area (TPSA) is 35.5 Å². The molecule has 1 rings (SSSR count). The van der Waals surface area contributed by atoms with Crippen molar-refractivity contribution in [1.82, 2.24) is 5.32 Å². The number of hydrogen-bond donors (Lipinski definition) is 2. The summed E-state index contributed by atoms with van der Waals surface area (Å²) in [5.41, 5.74) is 0.549. The summed E-state index contributed by atoms with van der Waals surface area (Å²) >= 11 is 0. The lowest BCUT2D eigenvalue weighted by Crippen LogP contribution is -2.29. The van der Waals surface area contributed by atoms with Crippen molar-refractivity contribution in [2.24, 2.45) is 5.92 Å². The number of aliphatic hydroxyl groups is 1. The van der Waals surface area contributed by atoms with Crippen LogP contribution in [-0.2, 0) is 6.54 Å². The number of benzene rings is 1. The molecule has 1 aromatic carbocycles. The summed E-state index contributed by atoms with van der Waals surface area (Å²) < 4.78 is 28.4. The number of rotatable bonds is 9. The molecular weight excluding hydrogens is 274 g/mol. The maximum atomic E-state index is 14.2. The Morgan fingerprint density at radius 2 is 1.81 bits per heavy atom. The normalized spacial score (nSPS) is 11.2. The highest BCUT2D eigenvalue weighted by Crippen LogP contribution is 2.25. The quantitative estimate of drug-likeness (QED) is 0.736. The first-order chi connectivity index (χ1) is 9.99. The molecule has 0 atom stereocenters. The van der Waals surface area contributed by atoms with E-state index < -0.39 is 11.6 Å². The van der Waals surface area contributed by atoms with E-state index in [0.29, 0.717) is 24.6 Å². The predicted octanol–water partition coefficient (Wildman–Crippen LogP) is 2.92. The third-order valence-electron chi connectivity index (χ3n) is 3.14. The highest BCUT2D eigenvalue weighted by molar-refractivity contribution is 5.50. The summed E-state index contributed by atoms with van der Waals surface area (Å²) in [5, 5.41) is 12.2. The molecule has 0 heterocycles. The van der Waals surface area contributed by atoms with E-state index in [-0.39, 0.29) is 18.8 Å². The molecule has 2 N–H and O–H groups in total. The van der Waals surface area contributed by atoms with E-state index in [4.69, 9.17) is 5.11 Å². The first kappa shape index (κ1) is 17.9. The summed E-state index contributed by atoms with van der Waals surface area (Å²) in [5.74, 6) is -0.653. The molecule has 0 radical (unpaired) electrons. The van der Waals surface area contributed by atoms with E-state index >= 15 is 0 Å². The Morgan fingerprint density at radius 3 is 2.29 bits per heavy atom. The van der Waals surface area contributed by atoms with Crippen LogP contribution in [-0.4, -0.2) is 31.3 Å². The first-order valence-electron chi connectivity index (χ1n) is 7.54. The Bertz CT molecular complexity index is 409. The van der Waals surface area contributed by atoms with Gasteiger partial charge in [-0.3, -0.25) is 0 Å². The van der Waals surface area contributed by atoms with Gasteiger partial charge in [0.1, 0.15) is 17.3 Å². The summed E-state index contributed by atoms with van der Waals surface area (Å²) in [6.45, 7) is 7.95. The minimum atomic E-state index is -0.571. The van der Waals surface area contributed by atoms with E-state index in [1.165, 1.54) is 12.1 Å². The molecule has 1 aromatic rings. The molecule has 0 saturated carbocycles. The van der Waals surface area contributed by atoms with Crippen molar-refractivity contribution in [3.05, 3.63) is 29.3 Å². The van der Waals surface area contributed by atoms with Gasteiger partial charge in [-0.25, -0.2) is 8.78 Å². The van der Waals surface area contributed by atoms with Crippen LogP contribution in [0.15, 0.2) is 12.1 Å². The Hall–Kier alpha value is -1.20. The van der Waals surface area contributed by atoms with Gasteiger partial charge in [-0.05, 0) is 36.6 Å². The Balaban J connectivity index is 2.87. The van der Waals surface area contributed by atoms with Crippen molar-refractivity contribution in [2.75, 3.05) is 31.1 Å². The fourth-order valence-electron chi connectivity index (χ4n) is 2.25. The number of halogens is 2. The lowest BCUT2D eigenvalue weighted by atomic mass is 10.1. The molecule has 0 bridgehead atoms. The smallest absolute Gasteiger partial charge is 0.149 e. The highest BCUT2D eigenvalue weighted by atomic mass is 19.1. The van der Waals surface area contributed by atoms with E-state index in [1.807, 2.05) is 6.92 Å². The SMILES string of the molecule is CCCN(CCO)c1c(F)cc(CNCC(C)C)cc1F. The lowest BCUT2D eigenvalue weighted by molar-refractivity contribution is 0.301. The summed E-state index contributed by atoms with van der Waals surface area (Å²) in [7, 11) is 0. The summed E-state index contributed by atoms with van der Waals surface area (Å²) in [6.07, 6.45) is 0.760. The molecular formula is C16H26F2N2O. The van der Waals surface area contributed by atoms with Crippen LogP contribution in [0.4, 0.5) is 14.5 Å². The van der Waals surface area contributed by atoms with Gasteiger partial charge < -0.3 is 15.3 Å². The predicted molar refractivity (Wildman–Crippen MR) is 82.5 cm³/mol. The monoisotopic (exact) mass is 300 g/mol. The molecule has 21 heavy (non-hydrogen) atoms. The Morgan fingerprint density at radius 1 is 1.19 bits per heavy atom. The van der Waals surface area contributed by atoms with Crippen molar-refractivity contribution in [1.29, 1.82) is 0 Å². The van der Waals surface area contributed by atoms with Crippen molar-refractivity contribution in [2.45, 2.75) is 33.7 Å². The second-order valence-corrected chi connectivity index (χ2v) is 5.64. The van der Waals surface area contributed by atoms with Gasteiger partial charge in [0, 0.05) is 19.6 Å². The van der Waals surface area contributed by atoms with Crippen LogP contribution in [0.2, 0.25) is 0 Å². The third kappa shape index (κ3) is 5.59. The van der Waals surface area contributed by atoms with Gasteiger partial charge in [0.05, 0.1) is 6.61 Å². The van der Waals surface area contributed by atoms with Gasteiger partial charge in [0.15, 0.2) is 0 Å². The van der Waals surface area contributed by atoms with Crippen LogP contribution < -0.4 is 10.2 Å². The van der Waals surface area contributed by atoms with Crippen molar-refractivity contribution in [3.63, 3.8) is 0 Å². The Labute approximate surface area is 126 Å². The van der Waals surface area contributed by atoms with E-state index in [0.717, 1.165) is 13.0 Å². The molecule has 0 amide bonds. The van der Waals surface area contributed by atoms with Crippen LogP contribution in [0, 0.1) is 17.6 Å². The number of nitrogens with one attached hydrogen (secondary N) is 1. The summed E-state index contributed by atoms with van der Waals surface area (Å²) in [4.78, 5) is 1.55. The van der Waals surface area contributed by atoms with E-state index in [9.17, 15) is 8.78 Å². The van der Waals surface area contributed by atoms with E-state index in [1.54, 1.807) is 4.90 Å². The van der Waals surface area contributed by atoms with E-state index in [2.05, 4.69) is 19.2 Å². The minimum absolute atomic E-state index is 0.0430. The van der Waals surface area contributed by atoms with Crippen LogP contribution in [0.3, 0.4) is 0 Å². The highest BCUT2D eigenvalue weighted by Gasteiger charge is 2.17. The minimum Gasteiger partial charge on any atom is -0.395 e. The van der Waals surface area contributed by atoms with Gasteiger partial charge in [-0.2, -0.15) is 0 Å². The van der Waals surface area contributed by atoms with Crippen LogP contribution >= 0.6 is 0 Å². The first-order valence-corrected chi connectivity index (χ1v) is 7.54. The maximum Gasteiger partial charge on any atom is 0.149 e. The fraction of sp³-hybridized carbons (Fsp3) is 0.625. The van der Waals surface area contributed by atoms with Crippen molar-refractivity contribution >= 4 is 5.69 Å². The molecule has 0 aliphatic heterocycles. The molecule has 0 spiro atoms. The maximum absolute atomic E-state index is 14.2. The van der Waals surface area contributed by atoms with Crippen LogP contribution in [0.1, 0.15) is 32.8 Å². The largest absolute Gasteiger partial charge is 0.395 e. The average Bonchev–Trinajstić information content (AvgIpc) is 2.38. The lowest BCUT2D eigenvalue weighted by Gasteiger charge is -2.24. The molecule has 5 heteroatoms. The van der Waals surface area contributed by atoms with Crippen LogP contribution in [0.5, 0.6) is 0 Å². The van der Waals surface area contributed by atoms with Gasteiger partial charge in [-0.1, -0.05) is 20.8 Å². The molecule has 0 saturated heterocycles. The van der Waals surface area contributed by atoms with Gasteiger partial charge in [0.25, 0.3) is 0 Å². The standard InChI is InChI=1S/C16H26F2N2O/c1-4-5-20(6-7-21)16-14(17)8-13(9-15(16)18)11-19-10-12(2)3/h8-9,12,19,21H,4-7,10-11H2,1-3H3. The zero-order chi connectivity index (χ0) is 15.8. The molecule has 0 unspecified atom stereocenters. The van der Waals surface area contributed by atoms with Crippen LogP contribution in [0.25, 0.3) is 0 Å². The van der Waals surface area contributed by atoms with Gasteiger partial charge in [0.2, 0.25) is 0 Å². The Kier molecular flexibility index (Phi) is 7.61. The molecule has 0 aromatic heterocycles. The molecule has 120 valence electrons. The van der Waals surface area contributed by atoms with Crippen molar-refractivity contribution < 1.29 is 13.9 Å². The molecule has 0 fully saturated rings. The van der Waals surface area contributed by atoms with Crippen molar-refractivity contribution in [3.8, 4) is 0 Å². The summed E-state index contributed by atoms with van der Waals surface area (Å²) in [6, 6.07) is 2.73. The van der Waals surface area contributed by atoms with Gasteiger partial charge in [-0.15, -0.1) is 0 Å². The molecule has 0 aliphatic carbocycles. The number of anilines is 1. The number of aliphatic hydroxyl groups excluding tert-OH is 1. The zero-order valence-electron chi connectivity index (χ0n) is 13.1. The second kappa shape index (κ2) is 8.95. The van der Waals surface area contributed by atoms with Gasteiger partial charge >= 0.3 is 0 Å². The zero-order valence-corrected chi connectivity index (χ0v) is 13.1. The average molecular weight is 300 g/mol. The number of nitrogens with zero attached hydrogens (tertiary/aromatic N) is 1.